The number of pyridine rings is 1. The van der Waals surface area contributed by atoms with Gasteiger partial charge in [-0.25, -0.2) is 0 Å². The van der Waals surface area contributed by atoms with Gasteiger partial charge in [0.25, 0.3) is 5.91 Å². The first-order chi connectivity index (χ1) is 11.6. The maximum absolute atomic E-state index is 12.6. The number of aromatic hydroxyl groups is 2. The Labute approximate surface area is 140 Å². The predicted octanol–water partition coefficient (Wildman–Crippen LogP) is 2.31. The average Bonchev–Trinajstić information content (AvgIpc) is 2.61. The molecule has 0 bridgehead atoms. The van der Waals surface area contributed by atoms with Crippen molar-refractivity contribution in [3.05, 3.63) is 53.9 Å². The monoisotopic (exact) mass is 328 g/mol. The number of phenolic OH excluding ortho intramolecular Hbond substituents is 2. The molecule has 1 aliphatic heterocycles. The lowest BCUT2D eigenvalue weighted by atomic mass is 10.1. The molecule has 1 aliphatic rings. The molecule has 1 aromatic carbocycles. The third-order valence-electron chi connectivity index (χ3n) is 4.11. The molecule has 1 saturated heterocycles. The molecular formula is C18H20N2O4. The van der Waals surface area contributed by atoms with Crippen molar-refractivity contribution in [1.29, 1.82) is 0 Å². The normalized spacial score (nSPS) is 17.7. The fraction of sp³-hybridized carbons (Fsp3) is 0.333. The first-order valence-corrected chi connectivity index (χ1v) is 7.96. The Balaban J connectivity index is 1.64. The molecule has 3 rings (SSSR count). The highest BCUT2D eigenvalue weighted by Gasteiger charge is 2.28. The number of hydrogen-bond acceptors (Lipinski definition) is 5. The number of benzene rings is 1. The van der Waals surface area contributed by atoms with Crippen LogP contribution in [0.2, 0.25) is 0 Å². The highest BCUT2D eigenvalue weighted by atomic mass is 16.5. The van der Waals surface area contributed by atoms with E-state index in [1.54, 1.807) is 17.3 Å². The van der Waals surface area contributed by atoms with E-state index in [1.165, 1.54) is 18.2 Å². The largest absolute Gasteiger partial charge is 0.507 e. The van der Waals surface area contributed by atoms with Crippen LogP contribution in [0.15, 0.2) is 42.7 Å². The predicted molar refractivity (Wildman–Crippen MR) is 87.7 cm³/mol. The van der Waals surface area contributed by atoms with E-state index in [1.807, 2.05) is 12.1 Å². The van der Waals surface area contributed by atoms with Gasteiger partial charge in [0.05, 0.1) is 12.7 Å². The molecule has 1 amide bonds. The maximum atomic E-state index is 12.6. The molecule has 1 atom stereocenters. The molecule has 6 heteroatoms. The van der Waals surface area contributed by atoms with Crippen LogP contribution in [0.4, 0.5) is 0 Å². The second kappa shape index (κ2) is 7.31. The molecule has 2 aromatic rings. The summed E-state index contributed by atoms with van der Waals surface area (Å²) < 4.78 is 5.89. The molecule has 0 aliphatic carbocycles. The van der Waals surface area contributed by atoms with E-state index >= 15 is 0 Å². The van der Waals surface area contributed by atoms with Crippen molar-refractivity contribution in [2.24, 2.45) is 0 Å². The Kier molecular flexibility index (Phi) is 4.96. The van der Waals surface area contributed by atoms with Gasteiger partial charge in [0.2, 0.25) is 0 Å². The molecule has 126 valence electrons. The van der Waals surface area contributed by atoms with Crippen molar-refractivity contribution in [3.8, 4) is 11.5 Å². The highest BCUT2D eigenvalue weighted by molar-refractivity contribution is 5.99. The molecule has 1 aromatic heterocycles. The molecule has 0 spiro atoms. The molecule has 0 saturated carbocycles. The van der Waals surface area contributed by atoms with Gasteiger partial charge in [-0.2, -0.15) is 0 Å². The lowest BCUT2D eigenvalue weighted by molar-refractivity contribution is -0.00696. The van der Waals surface area contributed by atoms with Crippen LogP contribution in [0.3, 0.4) is 0 Å². The second-order valence-corrected chi connectivity index (χ2v) is 5.86. The summed E-state index contributed by atoms with van der Waals surface area (Å²) >= 11 is 0. The number of hydrogen-bond donors (Lipinski definition) is 2. The number of amides is 1. The van der Waals surface area contributed by atoms with Gasteiger partial charge in [-0.1, -0.05) is 12.1 Å². The van der Waals surface area contributed by atoms with Crippen LogP contribution in [0.25, 0.3) is 0 Å². The Morgan fingerprint density at radius 2 is 2.04 bits per heavy atom. The summed E-state index contributed by atoms with van der Waals surface area (Å²) in [4.78, 5) is 18.3. The smallest absolute Gasteiger partial charge is 0.261 e. The van der Waals surface area contributed by atoms with Crippen LogP contribution in [0.5, 0.6) is 11.5 Å². The average molecular weight is 328 g/mol. The molecule has 2 heterocycles. The number of likely N-dealkylation sites (tertiary alicyclic amines) is 1. The minimum Gasteiger partial charge on any atom is -0.507 e. The van der Waals surface area contributed by atoms with Crippen molar-refractivity contribution in [1.82, 2.24) is 9.88 Å². The van der Waals surface area contributed by atoms with E-state index in [0.29, 0.717) is 19.7 Å². The van der Waals surface area contributed by atoms with Gasteiger partial charge in [0, 0.05) is 25.5 Å². The van der Waals surface area contributed by atoms with Crippen LogP contribution in [-0.2, 0) is 11.3 Å². The molecule has 2 N–H and O–H groups in total. The summed E-state index contributed by atoms with van der Waals surface area (Å²) in [5, 5.41) is 19.7. The molecular weight excluding hydrogens is 308 g/mol. The summed E-state index contributed by atoms with van der Waals surface area (Å²) in [6.07, 6.45) is 5.08. The first-order valence-electron chi connectivity index (χ1n) is 7.96. The van der Waals surface area contributed by atoms with Crippen LogP contribution in [0, 0.1) is 0 Å². The minimum atomic E-state index is -0.375. The van der Waals surface area contributed by atoms with E-state index in [0.717, 1.165) is 18.4 Å². The molecule has 1 unspecified atom stereocenters. The van der Waals surface area contributed by atoms with Crippen molar-refractivity contribution >= 4 is 5.91 Å². The Morgan fingerprint density at radius 1 is 1.25 bits per heavy atom. The summed E-state index contributed by atoms with van der Waals surface area (Å²) in [5.74, 6) is -0.794. The van der Waals surface area contributed by atoms with Gasteiger partial charge < -0.3 is 19.8 Å². The number of rotatable bonds is 4. The number of carbonyl (C=O) groups excluding carboxylic acids is 1. The van der Waals surface area contributed by atoms with Crippen LogP contribution >= 0.6 is 0 Å². The van der Waals surface area contributed by atoms with E-state index in [4.69, 9.17) is 4.74 Å². The third kappa shape index (κ3) is 3.65. The Hall–Kier alpha value is -2.60. The number of aromatic nitrogens is 1. The lowest BCUT2D eigenvalue weighted by Crippen LogP contribution is -2.43. The number of ether oxygens (including phenoxy) is 1. The van der Waals surface area contributed by atoms with Gasteiger partial charge in [-0.3, -0.25) is 9.78 Å². The van der Waals surface area contributed by atoms with Crippen LogP contribution in [-0.4, -0.2) is 45.2 Å². The van der Waals surface area contributed by atoms with Crippen molar-refractivity contribution in [3.63, 3.8) is 0 Å². The van der Waals surface area contributed by atoms with E-state index in [2.05, 4.69) is 4.98 Å². The minimum absolute atomic E-state index is 0.0505. The number of carbonyl (C=O) groups is 1. The molecule has 0 radical (unpaired) electrons. The van der Waals surface area contributed by atoms with Crippen LogP contribution < -0.4 is 0 Å². The third-order valence-corrected chi connectivity index (χ3v) is 4.11. The zero-order valence-corrected chi connectivity index (χ0v) is 13.3. The number of nitrogens with zero attached hydrogens (tertiary/aromatic N) is 2. The van der Waals surface area contributed by atoms with Crippen molar-refractivity contribution in [2.45, 2.75) is 25.6 Å². The lowest BCUT2D eigenvalue weighted by Gasteiger charge is -2.33. The Bertz CT molecular complexity index is 685. The summed E-state index contributed by atoms with van der Waals surface area (Å²) in [7, 11) is 0. The fourth-order valence-electron chi connectivity index (χ4n) is 2.86. The van der Waals surface area contributed by atoms with Crippen molar-refractivity contribution < 1.29 is 19.7 Å². The molecule has 6 nitrogen and oxygen atoms in total. The second-order valence-electron chi connectivity index (χ2n) is 5.86. The maximum Gasteiger partial charge on any atom is 0.261 e. The highest BCUT2D eigenvalue weighted by Crippen LogP contribution is 2.29. The van der Waals surface area contributed by atoms with Gasteiger partial charge in [-0.05, 0) is 36.6 Å². The van der Waals surface area contributed by atoms with E-state index in [-0.39, 0.29) is 29.1 Å². The number of piperidine rings is 1. The van der Waals surface area contributed by atoms with Gasteiger partial charge in [-0.15, -0.1) is 0 Å². The van der Waals surface area contributed by atoms with Crippen LogP contribution in [0.1, 0.15) is 28.8 Å². The van der Waals surface area contributed by atoms with Gasteiger partial charge >= 0.3 is 0 Å². The summed E-state index contributed by atoms with van der Waals surface area (Å²) in [5.41, 5.74) is 0.935. The zero-order chi connectivity index (χ0) is 16.9. The Morgan fingerprint density at radius 3 is 2.75 bits per heavy atom. The van der Waals surface area contributed by atoms with Crippen molar-refractivity contribution in [2.75, 3.05) is 13.1 Å². The van der Waals surface area contributed by atoms with E-state index < -0.39 is 0 Å². The van der Waals surface area contributed by atoms with Gasteiger partial charge in [0.1, 0.15) is 17.1 Å². The quantitative estimate of drug-likeness (QED) is 0.900. The SMILES string of the molecule is O=C(c1c(O)cccc1O)N1CCCC(OCc2cccnc2)C1. The number of phenols is 2. The standard InChI is InChI=1S/C18H20N2O4/c21-15-6-1-7-16(22)17(15)18(23)20-9-3-5-14(11-20)24-12-13-4-2-8-19-10-13/h1-2,4,6-8,10,14,21-22H,3,5,9,11-12H2. The zero-order valence-electron chi connectivity index (χ0n) is 13.3. The first kappa shape index (κ1) is 16.3. The topological polar surface area (TPSA) is 82.9 Å². The summed E-state index contributed by atoms with van der Waals surface area (Å²) in [6.45, 7) is 1.47. The molecule has 24 heavy (non-hydrogen) atoms. The summed E-state index contributed by atoms with van der Waals surface area (Å²) in [6, 6.07) is 8.09. The van der Waals surface area contributed by atoms with Gasteiger partial charge in [0.15, 0.2) is 0 Å². The van der Waals surface area contributed by atoms with E-state index in [9.17, 15) is 15.0 Å². The fourth-order valence-corrected chi connectivity index (χ4v) is 2.86. The molecule has 1 fully saturated rings.